The molecule has 0 saturated carbocycles. The Balaban J connectivity index is 1.71. The highest BCUT2D eigenvalue weighted by Crippen LogP contribution is 2.21. The summed E-state index contributed by atoms with van der Waals surface area (Å²) in [5.41, 5.74) is 1.46. The number of piperidine rings is 1. The average Bonchev–Trinajstić information content (AvgIpc) is 2.69. The molecule has 1 aliphatic heterocycles. The second-order valence-electron chi connectivity index (χ2n) is 7.25. The van der Waals surface area contributed by atoms with Crippen LogP contribution in [0.4, 0.5) is 0 Å². The van der Waals surface area contributed by atoms with E-state index in [2.05, 4.69) is 6.92 Å². The average molecular weight is 387 g/mol. The summed E-state index contributed by atoms with van der Waals surface area (Å²) >= 11 is 0. The van der Waals surface area contributed by atoms with Gasteiger partial charge in [-0.25, -0.2) is 8.42 Å². The molecule has 2 aromatic rings. The van der Waals surface area contributed by atoms with E-state index in [0.29, 0.717) is 18.0 Å². The van der Waals surface area contributed by atoms with E-state index in [4.69, 9.17) is 0 Å². The van der Waals surface area contributed by atoms with Crippen molar-refractivity contribution in [1.82, 2.24) is 9.21 Å². The van der Waals surface area contributed by atoms with E-state index >= 15 is 0 Å². The van der Waals surface area contributed by atoms with Crippen LogP contribution in [0.3, 0.4) is 0 Å². The zero-order valence-corrected chi connectivity index (χ0v) is 16.7. The van der Waals surface area contributed by atoms with Crippen LogP contribution in [-0.2, 0) is 16.6 Å². The van der Waals surface area contributed by atoms with Gasteiger partial charge in [-0.15, -0.1) is 0 Å². The fourth-order valence-corrected chi connectivity index (χ4v) is 4.43. The third-order valence-corrected chi connectivity index (χ3v) is 6.95. The van der Waals surface area contributed by atoms with Crippen molar-refractivity contribution >= 4 is 15.9 Å². The highest BCUT2D eigenvalue weighted by atomic mass is 32.2. The van der Waals surface area contributed by atoms with Gasteiger partial charge >= 0.3 is 0 Å². The summed E-state index contributed by atoms with van der Waals surface area (Å²) in [5.74, 6) is 0.630. The van der Waals surface area contributed by atoms with E-state index in [9.17, 15) is 13.2 Å². The van der Waals surface area contributed by atoms with Gasteiger partial charge in [0.25, 0.3) is 5.91 Å². The number of benzene rings is 2. The van der Waals surface area contributed by atoms with Gasteiger partial charge in [0.15, 0.2) is 0 Å². The summed E-state index contributed by atoms with van der Waals surface area (Å²) in [5, 5.41) is 0. The van der Waals surface area contributed by atoms with Gasteiger partial charge in [-0.3, -0.25) is 4.79 Å². The number of rotatable bonds is 5. The molecule has 0 spiro atoms. The Hall–Kier alpha value is -2.18. The number of likely N-dealkylation sites (tertiary alicyclic amines) is 1. The monoisotopic (exact) mass is 386 g/mol. The maximum atomic E-state index is 12.8. The van der Waals surface area contributed by atoms with E-state index in [1.54, 1.807) is 19.2 Å². The van der Waals surface area contributed by atoms with Gasteiger partial charge in [-0.1, -0.05) is 37.3 Å². The Bertz CT molecular complexity index is 871. The largest absolute Gasteiger partial charge is 0.339 e. The third kappa shape index (κ3) is 4.57. The first-order valence-electron chi connectivity index (χ1n) is 9.27. The number of nitrogens with zero attached hydrogens (tertiary/aromatic N) is 2. The van der Waals surface area contributed by atoms with Crippen LogP contribution < -0.4 is 0 Å². The summed E-state index contributed by atoms with van der Waals surface area (Å²) in [7, 11) is -2.04. The van der Waals surface area contributed by atoms with Crippen LogP contribution in [0.2, 0.25) is 0 Å². The Morgan fingerprint density at radius 3 is 2.22 bits per heavy atom. The fourth-order valence-electron chi connectivity index (χ4n) is 3.27. The summed E-state index contributed by atoms with van der Waals surface area (Å²) in [6, 6.07) is 15.7. The van der Waals surface area contributed by atoms with E-state index in [0.717, 1.165) is 31.5 Å². The molecule has 3 rings (SSSR count). The van der Waals surface area contributed by atoms with Crippen LogP contribution in [-0.4, -0.2) is 43.7 Å². The van der Waals surface area contributed by atoms with Crippen LogP contribution in [0.25, 0.3) is 0 Å². The maximum absolute atomic E-state index is 12.8. The molecule has 0 radical (unpaired) electrons. The molecule has 0 bridgehead atoms. The van der Waals surface area contributed by atoms with Gasteiger partial charge in [-0.05, 0) is 48.6 Å². The van der Waals surface area contributed by atoms with Crippen LogP contribution in [0, 0.1) is 5.92 Å². The molecule has 1 saturated heterocycles. The van der Waals surface area contributed by atoms with Gasteiger partial charge in [0.05, 0.1) is 4.90 Å². The molecule has 6 heteroatoms. The van der Waals surface area contributed by atoms with Crippen molar-refractivity contribution in [3.63, 3.8) is 0 Å². The van der Waals surface area contributed by atoms with E-state index in [-0.39, 0.29) is 10.8 Å². The highest BCUT2D eigenvalue weighted by Gasteiger charge is 2.24. The Morgan fingerprint density at radius 1 is 1.04 bits per heavy atom. The van der Waals surface area contributed by atoms with Crippen LogP contribution in [0.5, 0.6) is 0 Å². The lowest BCUT2D eigenvalue weighted by Crippen LogP contribution is -2.37. The molecule has 1 amide bonds. The highest BCUT2D eigenvalue weighted by molar-refractivity contribution is 7.89. The second-order valence-corrected chi connectivity index (χ2v) is 9.29. The molecule has 144 valence electrons. The lowest BCUT2D eigenvalue weighted by molar-refractivity contribution is 0.0697. The Labute approximate surface area is 161 Å². The molecule has 0 aliphatic carbocycles. The first kappa shape index (κ1) is 19.6. The molecule has 2 aromatic carbocycles. The van der Waals surface area contributed by atoms with Crippen molar-refractivity contribution in [2.45, 2.75) is 31.2 Å². The number of hydrogen-bond acceptors (Lipinski definition) is 3. The standard InChI is InChI=1S/C21H26N2O3S/c1-17-12-14-23(15-13-17)21(24)19-8-10-20(11-9-19)27(25,26)22(2)16-18-6-4-3-5-7-18/h3-11,17H,12-16H2,1-2H3. The smallest absolute Gasteiger partial charge is 0.253 e. The quantitative estimate of drug-likeness (QED) is 0.792. The molecule has 0 aromatic heterocycles. The molecule has 0 unspecified atom stereocenters. The lowest BCUT2D eigenvalue weighted by Gasteiger charge is -2.30. The van der Waals surface area contributed by atoms with Gasteiger partial charge in [0.1, 0.15) is 0 Å². The number of carbonyl (C=O) groups is 1. The van der Waals surface area contributed by atoms with Crippen LogP contribution >= 0.6 is 0 Å². The molecule has 0 N–H and O–H groups in total. The van der Waals surface area contributed by atoms with E-state index in [1.807, 2.05) is 35.2 Å². The Morgan fingerprint density at radius 2 is 1.63 bits per heavy atom. The van der Waals surface area contributed by atoms with Gasteiger partial charge < -0.3 is 4.90 Å². The predicted octanol–water partition coefficient (Wildman–Crippen LogP) is 3.38. The fraction of sp³-hybridized carbons (Fsp3) is 0.381. The summed E-state index contributed by atoms with van der Waals surface area (Å²) in [6.45, 7) is 4.03. The van der Waals surface area contributed by atoms with E-state index < -0.39 is 10.0 Å². The number of sulfonamides is 1. The van der Waals surface area contributed by atoms with Crippen molar-refractivity contribution < 1.29 is 13.2 Å². The lowest BCUT2D eigenvalue weighted by atomic mass is 9.98. The van der Waals surface area contributed by atoms with Crippen molar-refractivity contribution in [3.05, 3.63) is 65.7 Å². The minimum Gasteiger partial charge on any atom is -0.339 e. The number of carbonyl (C=O) groups excluding carboxylic acids is 1. The molecule has 5 nitrogen and oxygen atoms in total. The third-order valence-electron chi connectivity index (χ3n) is 5.13. The first-order valence-corrected chi connectivity index (χ1v) is 10.7. The minimum atomic E-state index is -3.60. The minimum absolute atomic E-state index is 0.0245. The van der Waals surface area contributed by atoms with Crippen molar-refractivity contribution in [2.75, 3.05) is 20.1 Å². The topological polar surface area (TPSA) is 57.7 Å². The number of amides is 1. The van der Waals surface area contributed by atoms with Crippen molar-refractivity contribution in [1.29, 1.82) is 0 Å². The van der Waals surface area contributed by atoms with Gasteiger partial charge in [0.2, 0.25) is 10.0 Å². The molecular formula is C21H26N2O3S. The van der Waals surface area contributed by atoms with Crippen molar-refractivity contribution in [3.8, 4) is 0 Å². The molecule has 0 atom stereocenters. The van der Waals surface area contributed by atoms with Crippen LogP contribution in [0.15, 0.2) is 59.5 Å². The predicted molar refractivity (Wildman–Crippen MR) is 106 cm³/mol. The molecule has 1 heterocycles. The molecule has 1 aliphatic rings. The van der Waals surface area contributed by atoms with Crippen molar-refractivity contribution in [2.24, 2.45) is 5.92 Å². The molecular weight excluding hydrogens is 360 g/mol. The zero-order chi connectivity index (χ0) is 19.4. The summed E-state index contributed by atoms with van der Waals surface area (Å²) in [6.07, 6.45) is 2.03. The molecule has 1 fully saturated rings. The van der Waals surface area contributed by atoms with Crippen LogP contribution in [0.1, 0.15) is 35.7 Å². The second kappa shape index (κ2) is 8.23. The molecule has 27 heavy (non-hydrogen) atoms. The summed E-state index contributed by atoms with van der Waals surface area (Å²) < 4.78 is 26.9. The van der Waals surface area contributed by atoms with Gasteiger partial charge in [-0.2, -0.15) is 4.31 Å². The maximum Gasteiger partial charge on any atom is 0.253 e. The van der Waals surface area contributed by atoms with Gasteiger partial charge in [0, 0.05) is 32.2 Å². The SMILES string of the molecule is CC1CCN(C(=O)c2ccc(S(=O)(=O)N(C)Cc3ccccc3)cc2)CC1. The zero-order valence-electron chi connectivity index (χ0n) is 15.8. The first-order chi connectivity index (χ1) is 12.9. The van der Waals surface area contributed by atoms with E-state index in [1.165, 1.54) is 16.4 Å². The Kier molecular flexibility index (Phi) is 5.97. The summed E-state index contributed by atoms with van der Waals surface area (Å²) in [4.78, 5) is 14.7. The normalized spacial score (nSPS) is 15.9. The number of hydrogen-bond donors (Lipinski definition) is 0.